The van der Waals surface area contributed by atoms with Crippen molar-refractivity contribution < 1.29 is 8.42 Å². The van der Waals surface area contributed by atoms with Crippen molar-refractivity contribution in [1.82, 2.24) is 14.7 Å². The second kappa shape index (κ2) is 10.1. The van der Waals surface area contributed by atoms with E-state index in [-0.39, 0.29) is 0 Å². The van der Waals surface area contributed by atoms with Crippen LogP contribution in [0.4, 0.5) is 11.8 Å². The third-order valence-corrected chi connectivity index (χ3v) is 8.05. The van der Waals surface area contributed by atoms with Crippen molar-refractivity contribution in [3.63, 3.8) is 0 Å². The molecule has 1 saturated carbocycles. The molecule has 1 aliphatic rings. The number of nitrogens with zero attached hydrogens (tertiary/aromatic N) is 3. The molecule has 0 amide bonds. The average molecular weight is 468 g/mol. The molecule has 1 aliphatic carbocycles. The number of fused-ring (bicyclic) bond motifs is 1. The van der Waals surface area contributed by atoms with E-state index in [0.29, 0.717) is 29.2 Å². The SMILES string of the molecule is Cc1ccccc1S(=O)(=O)NCC1CCC(CNc2nc(N(C)C)c3ccccc3n2)CC1. The first kappa shape index (κ1) is 23.4. The molecule has 2 aromatic carbocycles. The van der Waals surface area contributed by atoms with Gasteiger partial charge < -0.3 is 10.2 Å². The van der Waals surface area contributed by atoms with E-state index < -0.39 is 10.0 Å². The van der Waals surface area contributed by atoms with Crippen LogP contribution in [0.2, 0.25) is 0 Å². The second-order valence-corrected chi connectivity index (χ2v) is 10.9. The van der Waals surface area contributed by atoms with Gasteiger partial charge in [0.25, 0.3) is 0 Å². The van der Waals surface area contributed by atoms with Crippen LogP contribution in [-0.2, 0) is 10.0 Å². The zero-order valence-electron chi connectivity index (χ0n) is 19.6. The minimum absolute atomic E-state index is 0.371. The van der Waals surface area contributed by atoms with Gasteiger partial charge in [-0.2, -0.15) is 4.98 Å². The number of hydrogen-bond donors (Lipinski definition) is 2. The van der Waals surface area contributed by atoms with Crippen molar-refractivity contribution in [2.45, 2.75) is 37.5 Å². The van der Waals surface area contributed by atoms with Gasteiger partial charge in [0.2, 0.25) is 16.0 Å². The first-order valence-corrected chi connectivity index (χ1v) is 13.0. The number of aromatic nitrogens is 2. The van der Waals surface area contributed by atoms with Crippen molar-refractivity contribution in [3.05, 3.63) is 54.1 Å². The molecule has 2 N–H and O–H groups in total. The fraction of sp³-hybridized carbons (Fsp3) is 0.440. The molecule has 0 spiro atoms. The van der Waals surface area contributed by atoms with Crippen molar-refractivity contribution in [2.75, 3.05) is 37.4 Å². The van der Waals surface area contributed by atoms with Gasteiger partial charge >= 0.3 is 0 Å². The number of para-hydroxylation sites is 1. The van der Waals surface area contributed by atoms with E-state index >= 15 is 0 Å². The summed E-state index contributed by atoms with van der Waals surface area (Å²) < 4.78 is 28.1. The molecule has 8 heteroatoms. The van der Waals surface area contributed by atoms with Gasteiger partial charge in [-0.15, -0.1) is 0 Å². The van der Waals surface area contributed by atoms with Gasteiger partial charge in [0.1, 0.15) is 5.82 Å². The van der Waals surface area contributed by atoms with E-state index in [0.717, 1.165) is 54.5 Å². The Bertz CT molecular complexity index is 1200. The summed E-state index contributed by atoms with van der Waals surface area (Å²) in [6.07, 6.45) is 4.17. The van der Waals surface area contributed by atoms with E-state index in [1.54, 1.807) is 12.1 Å². The highest BCUT2D eigenvalue weighted by Gasteiger charge is 2.24. The Balaban J connectivity index is 1.29. The summed E-state index contributed by atoms with van der Waals surface area (Å²) in [5.74, 6) is 2.47. The number of aryl methyl sites for hydroxylation is 1. The standard InChI is InChI=1S/C25H33N5O2S/c1-18-8-4-7-11-23(18)33(31,32)27-17-20-14-12-19(13-15-20)16-26-25-28-22-10-6-5-9-21(22)24(29-25)30(2)3/h4-11,19-20,27H,12-17H2,1-3H3,(H,26,28,29). The predicted octanol–water partition coefficient (Wildman–Crippen LogP) is 4.20. The molecule has 0 aliphatic heterocycles. The van der Waals surface area contributed by atoms with E-state index in [1.165, 1.54) is 0 Å². The van der Waals surface area contributed by atoms with E-state index in [2.05, 4.69) is 15.0 Å². The maximum Gasteiger partial charge on any atom is 0.240 e. The molecular weight excluding hydrogens is 434 g/mol. The Morgan fingerprint density at radius 2 is 1.55 bits per heavy atom. The summed E-state index contributed by atoms with van der Waals surface area (Å²) in [6.45, 7) is 3.15. The molecular formula is C25H33N5O2S. The van der Waals surface area contributed by atoms with E-state index in [4.69, 9.17) is 4.98 Å². The van der Waals surface area contributed by atoms with Crippen molar-refractivity contribution in [3.8, 4) is 0 Å². The summed E-state index contributed by atoms with van der Waals surface area (Å²) in [7, 11) is 0.524. The van der Waals surface area contributed by atoms with Crippen LogP contribution in [0.25, 0.3) is 10.9 Å². The van der Waals surface area contributed by atoms with Crippen LogP contribution < -0.4 is 14.9 Å². The molecule has 0 atom stereocenters. The van der Waals surface area contributed by atoms with Crippen LogP contribution in [0.5, 0.6) is 0 Å². The number of sulfonamides is 1. The third kappa shape index (κ3) is 5.62. The van der Waals surface area contributed by atoms with Crippen molar-refractivity contribution in [2.24, 2.45) is 11.8 Å². The fourth-order valence-electron chi connectivity index (χ4n) is 4.52. The van der Waals surface area contributed by atoms with Gasteiger partial charge in [-0.05, 0) is 68.2 Å². The lowest BCUT2D eigenvalue weighted by molar-refractivity contribution is 0.284. The lowest BCUT2D eigenvalue weighted by Crippen LogP contribution is -2.32. The van der Waals surface area contributed by atoms with Crippen LogP contribution in [0.1, 0.15) is 31.2 Å². The average Bonchev–Trinajstić information content (AvgIpc) is 2.81. The lowest BCUT2D eigenvalue weighted by Gasteiger charge is -2.29. The monoisotopic (exact) mass is 467 g/mol. The normalized spacial score (nSPS) is 18.9. The molecule has 1 fully saturated rings. The van der Waals surface area contributed by atoms with Crippen molar-refractivity contribution in [1.29, 1.82) is 0 Å². The Hall–Kier alpha value is -2.71. The zero-order chi connectivity index (χ0) is 23.4. The summed E-state index contributed by atoms with van der Waals surface area (Å²) in [5.41, 5.74) is 1.71. The van der Waals surface area contributed by atoms with Crippen LogP contribution in [0, 0.1) is 18.8 Å². The highest BCUT2D eigenvalue weighted by molar-refractivity contribution is 7.89. The Labute approximate surface area is 196 Å². The number of benzene rings is 2. The minimum atomic E-state index is -3.46. The van der Waals surface area contributed by atoms with Crippen LogP contribution in [0.3, 0.4) is 0 Å². The first-order valence-electron chi connectivity index (χ1n) is 11.6. The summed E-state index contributed by atoms with van der Waals surface area (Å²) in [5, 5.41) is 4.48. The van der Waals surface area contributed by atoms with Crippen LogP contribution in [0.15, 0.2) is 53.4 Å². The molecule has 33 heavy (non-hydrogen) atoms. The number of rotatable bonds is 8. The van der Waals surface area contributed by atoms with Gasteiger partial charge in [-0.25, -0.2) is 18.1 Å². The maximum absolute atomic E-state index is 12.6. The lowest BCUT2D eigenvalue weighted by atomic mass is 9.82. The maximum atomic E-state index is 12.6. The quantitative estimate of drug-likeness (QED) is 0.516. The highest BCUT2D eigenvalue weighted by atomic mass is 32.2. The van der Waals surface area contributed by atoms with Crippen LogP contribution >= 0.6 is 0 Å². The molecule has 1 aromatic heterocycles. The van der Waals surface area contributed by atoms with Crippen LogP contribution in [-0.4, -0.2) is 45.6 Å². The van der Waals surface area contributed by atoms with E-state index in [1.807, 2.05) is 62.3 Å². The summed E-state index contributed by atoms with van der Waals surface area (Å²) >= 11 is 0. The number of nitrogens with one attached hydrogen (secondary N) is 2. The van der Waals surface area contributed by atoms with Gasteiger partial charge in [-0.3, -0.25) is 0 Å². The smallest absolute Gasteiger partial charge is 0.240 e. The fourth-order valence-corrected chi connectivity index (χ4v) is 5.88. The summed E-state index contributed by atoms with van der Waals surface area (Å²) in [4.78, 5) is 11.8. The van der Waals surface area contributed by atoms with Gasteiger partial charge in [0, 0.05) is 32.6 Å². The molecule has 0 bridgehead atoms. The molecule has 0 saturated heterocycles. The molecule has 4 rings (SSSR count). The number of anilines is 2. The number of hydrogen-bond acceptors (Lipinski definition) is 6. The highest BCUT2D eigenvalue weighted by Crippen LogP contribution is 2.29. The Morgan fingerprint density at radius 3 is 2.24 bits per heavy atom. The second-order valence-electron chi connectivity index (χ2n) is 9.17. The molecule has 3 aromatic rings. The molecule has 0 radical (unpaired) electrons. The topological polar surface area (TPSA) is 87.2 Å². The molecule has 7 nitrogen and oxygen atoms in total. The van der Waals surface area contributed by atoms with Gasteiger partial charge in [0.05, 0.1) is 10.4 Å². The Kier molecular flexibility index (Phi) is 7.14. The van der Waals surface area contributed by atoms with E-state index in [9.17, 15) is 8.42 Å². The molecule has 176 valence electrons. The van der Waals surface area contributed by atoms with Gasteiger partial charge in [0.15, 0.2) is 0 Å². The summed E-state index contributed by atoms with van der Waals surface area (Å²) in [6, 6.07) is 15.2. The minimum Gasteiger partial charge on any atom is -0.362 e. The van der Waals surface area contributed by atoms with Gasteiger partial charge in [-0.1, -0.05) is 30.3 Å². The molecule has 1 heterocycles. The predicted molar refractivity (Wildman–Crippen MR) is 134 cm³/mol. The first-order chi connectivity index (χ1) is 15.8. The van der Waals surface area contributed by atoms with Crippen molar-refractivity contribution >= 4 is 32.7 Å². The third-order valence-electron chi connectivity index (χ3n) is 6.47. The zero-order valence-corrected chi connectivity index (χ0v) is 20.4. The Morgan fingerprint density at radius 1 is 0.909 bits per heavy atom. The molecule has 0 unspecified atom stereocenters. The largest absolute Gasteiger partial charge is 0.362 e.